The van der Waals surface area contributed by atoms with Gasteiger partial charge in [-0.1, -0.05) is 18.2 Å². The van der Waals surface area contributed by atoms with Crippen LogP contribution >= 0.6 is 0 Å². The quantitative estimate of drug-likeness (QED) is 0.630. The summed E-state index contributed by atoms with van der Waals surface area (Å²) in [4.78, 5) is 24.7. The van der Waals surface area contributed by atoms with Gasteiger partial charge in [-0.2, -0.15) is 0 Å². The molecule has 0 radical (unpaired) electrons. The van der Waals surface area contributed by atoms with Crippen LogP contribution in [0.25, 0.3) is 0 Å². The molecule has 1 amide bonds. The van der Waals surface area contributed by atoms with Gasteiger partial charge in [0.15, 0.2) is 17.5 Å². The standard InChI is InChI=1S/C15H8F3NO2/c16-10-6-5-8(12(17)13(10)18)7-19-11-4-2-1-3-9(11)14(20)15(19)21/h1-6H,7H2. The Bertz CT molecular complexity index is 774. The molecule has 0 N–H and O–H groups in total. The first-order valence-electron chi connectivity index (χ1n) is 6.08. The van der Waals surface area contributed by atoms with Crippen LogP contribution in [0, 0.1) is 17.5 Å². The first-order chi connectivity index (χ1) is 10.0. The molecule has 6 heteroatoms. The number of halogens is 3. The summed E-state index contributed by atoms with van der Waals surface area (Å²) in [6, 6.07) is 8.08. The number of anilines is 1. The molecule has 3 nitrogen and oxygen atoms in total. The van der Waals surface area contributed by atoms with E-state index in [1.807, 2.05) is 0 Å². The molecule has 106 valence electrons. The summed E-state index contributed by atoms with van der Waals surface area (Å²) in [5.41, 5.74) is 0.342. The van der Waals surface area contributed by atoms with Crippen molar-refractivity contribution in [2.75, 3.05) is 4.90 Å². The minimum Gasteiger partial charge on any atom is -0.300 e. The van der Waals surface area contributed by atoms with Crippen LogP contribution in [-0.2, 0) is 11.3 Å². The summed E-state index contributed by atoms with van der Waals surface area (Å²) in [5, 5.41) is 0. The lowest BCUT2D eigenvalue weighted by atomic mass is 10.1. The molecule has 3 rings (SSSR count). The maximum Gasteiger partial charge on any atom is 0.299 e. The Morgan fingerprint density at radius 3 is 2.38 bits per heavy atom. The van der Waals surface area contributed by atoms with E-state index in [-0.39, 0.29) is 17.7 Å². The Morgan fingerprint density at radius 1 is 0.905 bits per heavy atom. The smallest absolute Gasteiger partial charge is 0.299 e. The van der Waals surface area contributed by atoms with Crippen molar-refractivity contribution in [2.24, 2.45) is 0 Å². The molecule has 0 saturated carbocycles. The molecular formula is C15H8F3NO2. The minimum absolute atomic E-state index is 0.202. The van der Waals surface area contributed by atoms with Crippen LogP contribution in [0.1, 0.15) is 15.9 Å². The van der Waals surface area contributed by atoms with E-state index < -0.39 is 29.1 Å². The number of Topliss-reactive ketones (excluding diaryl/α,β-unsaturated/α-hetero) is 1. The molecule has 0 spiro atoms. The molecule has 0 unspecified atom stereocenters. The maximum atomic E-state index is 13.7. The van der Waals surface area contributed by atoms with Crippen molar-refractivity contribution >= 4 is 17.4 Å². The predicted molar refractivity (Wildman–Crippen MR) is 68.3 cm³/mol. The number of hydrogen-bond acceptors (Lipinski definition) is 2. The number of benzene rings is 2. The molecule has 2 aromatic rings. The molecule has 0 atom stereocenters. The molecule has 0 saturated heterocycles. The highest BCUT2D eigenvalue weighted by Crippen LogP contribution is 2.30. The van der Waals surface area contributed by atoms with Gasteiger partial charge in [0.1, 0.15) is 0 Å². The second kappa shape index (κ2) is 4.73. The first kappa shape index (κ1) is 13.4. The third-order valence-corrected chi connectivity index (χ3v) is 3.32. The molecule has 1 aliphatic heterocycles. The van der Waals surface area contributed by atoms with Crippen molar-refractivity contribution in [3.05, 3.63) is 65.0 Å². The number of carbonyl (C=O) groups is 2. The predicted octanol–water partition coefficient (Wildman–Crippen LogP) is 2.83. The van der Waals surface area contributed by atoms with Crippen LogP contribution in [-0.4, -0.2) is 11.7 Å². The Hall–Kier alpha value is -2.63. The molecule has 0 aromatic heterocycles. The highest BCUT2D eigenvalue weighted by atomic mass is 19.2. The Kier molecular flexibility index (Phi) is 3.01. The molecule has 0 bridgehead atoms. The summed E-state index contributed by atoms with van der Waals surface area (Å²) >= 11 is 0. The number of carbonyl (C=O) groups excluding carboxylic acids is 2. The SMILES string of the molecule is O=C1C(=O)N(Cc2ccc(F)c(F)c2F)c2ccccc21. The van der Waals surface area contributed by atoms with E-state index in [4.69, 9.17) is 0 Å². The van der Waals surface area contributed by atoms with Crippen molar-refractivity contribution < 1.29 is 22.8 Å². The molecular weight excluding hydrogens is 283 g/mol. The molecule has 21 heavy (non-hydrogen) atoms. The monoisotopic (exact) mass is 291 g/mol. The number of rotatable bonds is 2. The highest BCUT2D eigenvalue weighted by molar-refractivity contribution is 6.52. The van der Waals surface area contributed by atoms with Gasteiger partial charge in [-0.3, -0.25) is 9.59 Å². The number of para-hydroxylation sites is 1. The Labute approximate surface area is 117 Å². The summed E-state index contributed by atoms with van der Waals surface area (Å²) in [5.74, 6) is -5.78. The second-order valence-corrected chi connectivity index (χ2v) is 4.57. The van der Waals surface area contributed by atoms with E-state index in [1.54, 1.807) is 12.1 Å². The lowest BCUT2D eigenvalue weighted by Gasteiger charge is -2.17. The molecule has 0 aliphatic carbocycles. The highest BCUT2D eigenvalue weighted by Gasteiger charge is 2.35. The number of hydrogen-bond donors (Lipinski definition) is 0. The second-order valence-electron chi connectivity index (χ2n) is 4.57. The third-order valence-electron chi connectivity index (χ3n) is 3.32. The number of fused-ring (bicyclic) bond motifs is 1. The average molecular weight is 291 g/mol. The molecule has 2 aromatic carbocycles. The Morgan fingerprint density at radius 2 is 1.62 bits per heavy atom. The van der Waals surface area contributed by atoms with Crippen LogP contribution < -0.4 is 4.90 Å². The van der Waals surface area contributed by atoms with E-state index in [0.29, 0.717) is 5.69 Å². The van der Waals surface area contributed by atoms with Gasteiger partial charge in [0.25, 0.3) is 11.7 Å². The van der Waals surface area contributed by atoms with Crippen LogP contribution in [0.15, 0.2) is 36.4 Å². The van der Waals surface area contributed by atoms with Crippen molar-refractivity contribution in [3.63, 3.8) is 0 Å². The topological polar surface area (TPSA) is 37.4 Å². The van der Waals surface area contributed by atoms with Crippen LogP contribution in [0.4, 0.5) is 18.9 Å². The normalized spacial score (nSPS) is 13.8. The molecule has 1 aliphatic rings. The van der Waals surface area contributed by atoms with Gasteiger partial charge in [-0.15, -0.1) is 0 Å². The van der Waals surface area contributed by atoms with Crippen LogP contribution in [0.2, 0.25) is 0 Å². The summed E-state index contributed by atoms with van der Waals surface area (Å²) in [6.45, 7) is -0.343. The number of amides is 1. The van der Waals surface area contributed by atoms with E-state index in [2.05, 4.69) is 0 Å². The zero-order valence-corrected chi connectivity index (χ0v) is 10.6. The fourth-order valence-electron chi connectivity index (χ4n) is 2.26. The molecule has 0 fully saturated rings. The van der Waals surface area contributed by atoms with E-state index in [9.17, 15) is 22.8 Å². The van der Waals surface area contributed by atoms with Gasteiger partial charge in [-0.25, -0.2) is 13.2 Å². The van der Waals surface area contributed by atoms with E-state index in [0.717, 1.165) is 17.0 Å². The average Bonchev–Trinajstić information content (AvgIpc) is 2.73. The minimum atomic E-state index is -1.60. The van der Waals surface area contributed by atoms with Crippen molar-refractivity contribution in [1.82, 2.24) is 0 Å². The lowest BCUT2D eigenvalue weighted by Crippen LogP contribution is -2.29. The summed E-state index contributed by atoms with van der Waals surface area (Å²) in [7, 11) is 0. The first-order valence-corrected chi connectivity index (χ1v) is 6.08. The van der Waals surface area contributed by atoms with Gasteiger partial charge >= 0.3 is 0 Å². The largest absolute Gasteiger partial charge is 0.300 e. The van der Waals surface area contributed by atoms with Gasteiger partial charge < -0.3 is 4.90 Å². The third kappa shape index (κ3) is 1.99. The van der Waals surface area contributed by atoms with Crippen LogP contribution in [0.3, 0.4) is 0 Å². The zero-order chi connectivity index (χ0) is 15.1. The van der Waals surface area contributed by atoms with Crippen molar-refractivity contribution in [1.29, 1.82) is 0 Å². The fraction of sp³-hybridized carbons (Fsp3) is 0.0667. The van der Waals surface area contributed by atoms with Crippen LogP contribution in [0.5, 0.6) is 0 Å². The Balaban J connectivity index is 2.02. The maximum absolute atomic E-state index is 13.7. The lowest BCUT2D eigenvalue weighted by molar-refractivity contribution is -0.114. The van der Waals surface area contributed by atoms with Gasteiger partial charge in [-0.05, 0) is 18.2 Å². The van der Waals surface area contributed by atoms with Crippen molar-refractivity contribution in [3.8, 4) is 0 Å². The summed E-state index contributed by atoms with van der Waals surface area (Å²) in [6.07, 6.45) is 0. The number of nitrogens with zero attached hydrogens (tertiary/aromatic N) is 1. The zero-order valence-electron chi connectivity index (χ0n) is 10.6. The van der Waals surface area contributed by atoms with Gasteiger partial charge in [0, 0.05) is 5.56 Å². The van der Waals surface area contributed by atoms with E-state index in [1.165, 1.54) is 12.1 Å². The van der Waals surface area contributed by atoms with Crippen molar-refractivity contribution in [2.45, 2.75) is 6.54 Å². The van der Waals surface area contributed by atoms with Gasteiger partial charge in [0.2, 0.25) is 0 Å². The number of ketones is 1. The summed E-state index contributed by atoms with van der Waals surface area (Å²) < 4.78 is 39.8. The van der Waals surface area contributed by atoms with E-state index >= 15 is 0 Å². The molecule has 1 heterocycles. The van der Waals surface area contributed by atoms with Gasteiger partial charge in [0.05, 0.1) is 17.8 Å². The fourth-order valence-corrected chi connectivity index (χ4v) is 2.26.